The van der Waals surface area contributed by atoms with Crippen LogP contribution in [0.4, 0.5) is 5.88 Å². The Kier molecular flexibility index (Phi) is 4.25. The summed E-state index contributed by atoms with van der Waals surface area (Å²) in [5.74, 6) is -0.0139. The van der Waals surface area contributed by atoms with E-state index < -0.39 is 5.97 Å². The lowest BCUT2D eigenvalue weighted by Gasteiger charge is -2.20. The van der Waals surface area contributed by atoms with Gasteiger partial charge in [-0.3, -0.25) is 0 Å². The summed E-state index contributed by atoms with van der Waals surface area (Å²) in [6.07, 6.45) is 2.61. The Morgan fingerprint density at radius 2 is 2.22 bits per heavy atom. The SMILES string of the molecule is CC(CNc1ccc(C(=O)O)o1)CN1CCCC1. The molecule has 18 heavy (non-hydrogen) atoms. The largest absolute Gasteiger partial charge is 0.475 e. The van der Waals surface area contributed by atoms with Crippen molar-refractivity contribution >= 4 is 11.9 Å². The van der Waals surface area contributed by atoms with Crippen LogP contribution < -0.4 is 5.32 Å². The summed E-state index contributed by atoms with van der Waals surface area (Å²) < 4.78 is 5.14. The third kappa shape index (κ3) is 3.50. The van der Waals surface area contributed by atoms with Crippen molar-refractivity contribution in [3.8, 4) is 0 Å². The standard InChI is InChI=1S/C13H20N2O3/c1-10(9-15-6-2-3-7-15)8-14-12-5-4-11(18-12)13(16)17/h4-5,10,14H,2-3,6-9H2,1H3,(H,16,17). The number of hydrogen-bond donors (Lipinski definition) is 2. The molecule has 1 aromatic rings. The van der Waals surface area contributed by atoms with Gasteiger partial charge in [-0.05, 0) is 37.9 Å². The molecule has 5 nitrogen and oxygen atoms in total. The minimum Gasteiger partial charge on any atom is -0.475 e. The number of anilines is 1. The minimum absolute atomic E-state index is 0.0234. The van der Waals surface area contributed by atoms with E-state index in [9.17, 15) is 4.79 Å². The molecule has 1 aromatic heterocycles. The minimum atomic E-state index is -1.03. The Labute approximate surface area is 107 Å². The molecule has 100 valence electrons. The second kappa shape index (κ2) is 5.91. The predicted octanol–water partition coefficient (Wildman–Crippen LogP) is 2.12. The molecule has 1 unspecified atom stereocenters. The maximum absolute atomic E-state index is 10.7. The fourth-order valence-electron chi connectivity index (χ4n) is 2.29. The molecule has 1 aliphatic heterocycles. The molecular weight excluding hydrogens is 232 g/mol. The summed E-state index contributed by atoms with van der Waals surface area (Å²) in [5, 5.41) is 11.9. The Morgan fingerprint density at radius 1 is 1.50 bits per heavy atom. The first-order chi connectivity index (χ1) is 8.65. The van der Waals surface area contributed by atoms with E-state index in [1.165, 1.54) is 32.0 Å². The second-order valence-electron chi connectivity index (χ2n) is 4.96. The summed E-state index contributed by atoms with van der Waals surface area (Å²) in [6, 6.07) is 3.13. The number of hydrogen-bond acceptors (Lipinski definition) is 4. The first kappa shape index (κ1) is 13.0. The van der Waals surface area contributed by atoms with E-state index in [2.05, 4.69) is 17.1 Å². The molecule has 1 atom stereocenters. The third-order valence-corrected chi connectivity index (χ3v) is 3.21. The van der Waals surface area contributed by atoms with Crippen molar-refractivity contribution in [1.82, 2.24) is 4.90 Å². The normalized spacial score (nSPS) is 17.8. The molecule has 0 aromatic carbocycles. The van der Waals surface area contributed by atoms with Gasteiger partial charge in [0.15, 0.2) is 5.88 Å². The van der Waals surface area contributed by atoms with Crippen LogP contribution >= 0.6 is 0 Å². The van der Waals surface area contributed by atoms with Gasteiger partial charge >= 0.3 is 5.97 Å². The molecule has 2 rings (SSSR count). The zero-order valence-electron chi connectivity index (χ0n) is 10.7. The molecule has 2 N–H and O–H groups in total. The maximum Gasteiger partial charge on any atom is 0.371 e. The number of likely N-dealkylation sites (tertiary alicyclic amines) is 1. The monoisotopic (exact) mass is 252 g/mol. The van der Waals surface area contributed by atoms with Crippen LogP contribution in [0, 0.1) is 5.92 Å². The van der Waals surface area contributed by atoms with Gasteiger partial charge in [0.2, 0.25) is 5.76 Å². The van der Waals surface area contributed by atoms with Crippen molar-refractivity contribution in [2.45, 2.75) is 19.8 Å². The Bertz CT molecular complexity index is 397. The van der Waals surface area contributed by atoms with Crippen molar-refractivity contribution in [3.05, 3.63) is 17.9 Å². The molecule has 5 heteroatoms. The van der Waals surface area contributed by atoms with Crippen LogP contribution in [0.2, 0.25) is 0 Å². The van der Waals surface area contributed by atoms with Crippen LogP contribution in [-0.2, 0) is 0 Å². The number of aromatic carboxylic acids is 1. The highest BCUT2D eigenvalue weighted by molar-refractivity contribution is 5.84. The van der Waals surface area contributed by atoms with E-state index in [4.69, 9.17) is 9.52 Å². The smallest absolute Gasteiger partial charge is 0.371 e. The fraction of sp³-hybridized carbons (Fsp3) is 0.615. The van der Waals surface area contributed by atoms with E-state index in [0.717, 1.165) is 13.1 Å². The first-order valence-corrected chi connectivity index (χ1v) is 6.44. The molecule has 1 aliphatic rings. The molecule has 1 saturated heterocycles. The van der Waals surface area contributed by atoms with Gasteiger partial charge < -0.3 is 19.7 Å². The van der Waals surface area contributed by atoms with Gasteiger partial charge in [0, 0.05) is 19.2 Å². The topological polar surface area (TPSA) is 65.7 Å². The molecular formula is C13H20N2O3. The van der Waals surface area contributed by atoms with E-state index in [1.807, 2.05) is 0 Å². The van der Waals surface area contributed by atoms with Crippen LogP contribution in [0.25, 0.3) is 0 Å². The highest BCUT2D eigenvalue weighted by atomic mass is 16.4. The second-order valence-corrected chi connectivity index (χ2v) is 4.96. The molecule has 0 saturated carbocycles. The Hall–Kier alpha value is -1.49. The highest BCUT2D eigenvalue weighted by Gasteiger charge is 2.15. The van der Waals surface area contributed by atoms with Gasteiger partial charge in [0.1, 0.15) is 0 Å². The van der Waals surface area contributed by atoms with Gasteiger partial charge in [0.25, 0.3) is 0 Å². The van der Waals surface area contributed by atoms with Gasteiger partial charge in [0.05, 0.1) is 0 Å². The zero-order chi connectivity index (χ0) is 13.0. The number of carboxylic acids is 1. The van der Waals surface area contributed by atoms with Crippen LogP contribution in [-0.4, -0.2) is 42.2 Å². The van der Waals surface area contributed by atoms with Crippen LogP contribution in [0.15, 0.2) is 16.5 Å². The Morgan fingerprint density at radius 3 is 2.83 bits per heavy atom. The number of furan rings is 1. The van der Waals surface area contributed by atoms with E-state index in [-0.39, 0.29) is 5.76 Å². The molecule has 0 aliphatic carbocycles. The number of carboxylic acid groups (broad SMARTS) is 1. The van der Waals surface area contributed by atoms with Crippen molar-refractivity contribution in [2.75, 3.05) is 31.5 Å². The lowest BCUT2D eigenvalue weighted by Crippen LogP contribution is -2.28. The molecule has 2 heterocycles. The summed E-state index contributed by atoms with van der Waals surface area (Å²) in [7, 11) is 0. The van der Waals surface area contributed by atoms with E-state index in [0.29, 0.717) is 11.8 Å². The van der Waals surface area contributed by atoms with Gasteiger partial charge in [-0.1, -0.05) is 6.92 Å². The molecule has 0 bridgehead atoms. The predicted molar refractivity (Wildman–Crippen MR) is 69.0 cm³/mol. The lowest BCUT2D eigenvalue weighted by molar-refractivity contribution is 0.0663. The van der Waals surface area contributed by atoms with Crippen molar-refractivity contribution < 1.29 is 14.3 Å². The molecule has 0 amide bonds. The van der Waals surface area contributed by atoms with Gasteiger partial charge in [-0.2, -0.15) is 0 Å². The van der Waals surface area contributed by atoms with E-state index in [1.54, 1.807) is 6.07 Å². The average Bonchev–Trinajstić information content (AvgIpc) is 2.96. The van der Waals surface area contributed by atoms with Crippen molar-refractivity contribution in [2.24, 2.45) is 5.92 Å². The lowest BCUT2D eigenvalue weighted by atomic mass is 10.1. The van der Waals surface area contributed by atoms with Crippen molar-refractivity contribution in [3.63, 3.8) is 0 Å². The quantitative estimate of drug-likeness (QED) is 0.811. The summed E-state index contributed by atoms with van der Waals surface area (Å²) in [6.45, 7) is 6.47. The third-order valence-electron chi connectivity index (χ3n) is 3.21. The van der Waals surface area contributed by atoms with Crippen LogP contribution in [0.5, 0.6) is 0 Å². The molecule has 0 spiro atoms. The fourth-order valence-corrected chi connectivity index (χ4v) is 2.29. The number of carbonyl (C=O) groups is 1. The van der Waals surface area contributed by atoms with Gasteiger partial charge in [-0.25, -0.2) is 4.79 Å². The summed E-state index contributed by atoms with van der Waals surface area (Å²) in [5.41, 5.74) is 0. The Balaban J connectivity index is 1.74. The maximum atomic E-state index is 10.7. The summed E-state index contributed by atoms with van der Waals surface area (Å²) >= 11 is 0. The number of nitrogens with zero attached hydrogens (tertiary/aromatic N) is 1. The number of rotatable bonds is 6. The average molecular weight is 252 g/mol. The molecule has 1 fully saturated rings. The van der Waals surface area contributed by atoms with Crippen LogP contribution in [0.1, 0.15) is 30.3 Å². The van der Waals surface area contributed by atoms with E-state index >= 15 is 0 Å². The zero-order valence-corrected chi connectivity index (χ0v) is 10.7. The summed E-state index contributed by atoms with van der Waals surface area (Å²) in [4.78, 5) is 13.1. The van der Waals surface area contributed by atoms with Gasteiger partial charge in [-0.15, -0.1) is 0 Å². The van der Waals surface area contributed by atoms with Crippen molar-refractivity contribution in [1.29, 1.82) is 0 Å². The number of nitrogens with one attached hydrogen (secondary N) is 1. The van der Waals surface area contributed by atoms with Crippen LogP contribution in [0.3, 0.4) is 0 Å². The molecule has 0 radical (unpaired) electrons. The highest BCUT2D eigenvalue weighted by Crippen LogP contribution is 2.15. The first-order valence-electron chi connectivity index (χ1n) is 6.44.